The molecule has 1 saturated heterocycles. The first kappa shape index (κ1) is 14.2. The minimum absolute atomic E-state index is 0.0702. The van der Waals surface area contributed by atoms with Crippen LogP contribution in [0.5, 0.6) is 0 Å². The van der Waals surface area contributed by atoms with Gasteiger partial charge in [-0.3, -0.25) is 0 Å². The van der Waals surface area contributed by atoms with Crippen LogP contribution >= 0.6 is 15.9 Å². The Morgan fingerprint density at radius 3 is 2.71 bits per heavy atom. The SMILES string of the molecule is Nc1nc(-c2cc(Br)ccc2F)nc(N2CCOCC2)n1. The molecule has 1 aromatic carbocycles. The molecule has 6 nitrogen and oxygen atoms in total. The van der Waals surface area contributed by atoms with Crippen LogP contribution in [0.1, 0.15) is 0 Å². The van der Waals surface area contributed by atoms with E-state index in [2.05, 4.69) is 30.9 Å². The van der Waals surface area contributed by atoms with Gasteiger partial charge in [-0.1, -0.05) is 15.9 Å². The molecule has 0 amide bonds. The summed E-state index contributed by atoms with van der Waals surface area (Å²) in [5.41, 5.74) is 6.02. The van der Waals surface area contributed by atoms with E-state index in [0.29, 0.717) is 32.3 Å². The number of hydrogen-bond acceptors (Lipinski definition) is 6. The van der Waals surface area contributed by atoms with E-state index in [0.717, 1.165) is 4.47 Å². The molecule has 1 aliphatic rings. The number of morpholine rings is 1. The quantitative estimate of drug-likeness (QED) is 0.887. The fraction of sp³-hybridized carbons (Fsp3) is 0.308. The number of benzene rings is 1. The molecule has 110 valence electrons. The maximum absolute atomic E-state index is 14.0. The normalized spacial score (nSPS) is 15.2. The van der Waals surface area contributed by atoms with Crippen LogP contribution in [0.25, 0.3) is 11.4 Å². The van der Waals surface area contributed by atoms with Gasteiger partial charge in [-0.05, 0) is 18.2 Å². The van der Waals surface area contributed by atoms with E-state index in [1.807, 2.05) is 4.90 Å². The molecule has 1 fully saturated rings. The average Bonchev–Trinajstić information content (AvgIpc) is 2.50. The van der Waals surface area contributed by atoms with Gasteiger partial charge in [-0.25, -0.2) is 4.39 Å². The maximum atomic E-state index is 14.0. The second kappa shape index (κ2) is 5.90. The fourth-order valence-corrected chi connectivity index (χ4v) is 2.44. The summed E-state index contributed by atoms with van der Waals surface area (Å²) in [4.78, 5) is 14.4. The largest absolute Gasteiger partial charge is 0.378 e. The summed E-state index contributed by atoms with van der Waals surface area (Å²) < 4.78 is 20.0. The summed E-state index contributed by atoms with van der Waals surface area (Å²) in [5.74, 6) is 0.334. The molecule has 2 heterocycles. The Morgan fingerprint density at radius 2 is 1.95 bits per heavy atom. The zero-order chi connectivity index (χ0) is 14.8. The number of nitrogens with zero attached hydrogens (tertiary/aromatic N) is 4. The van der Waals surface area contributed by atoms with Gasteiger partial charge >= 0.3 is 0 Å². The molecular formula is C13H13BrFN5O. The predicted octanol–water partition coefficient (Wildman–Crippen LogP) is 1.86. The van der Waals surface area contributed by atoms with E-state index >= 15 is 0 Å². The van der Waals surface area contributed by atoms with Crippen LogP contribution in [0.4, 0.5) is 16.3 Å². The van der Waals surface area contributed by atoms with Gasteiger partial charge in [0, 0.05) is 17.6 Å². The number of ether oxygens (including phenoxy) is 1. The first-order valence-corrected chi connectivity index (χ1v) is 7.22. The summed E-state index contributed by atoms with van der Waals surface area (Å²) in [6.07, 6.45) is 0. The Bertz CT molecular complexity index is 663. The van der Waals surface area contributed by atoms with E-state index in [4.69, 9.17) is 10.5 Å². The Labute approximate surface area is 129 Å². The van der Waals surface area contributed by atoms with E-state index in [1.165, 1.54) is 6.07 Å². The van der Waals surface area contributed by atoms with Crippen molar-refractivity contribution in [1.82, 2.24) is 15.0 Å². The molecular weight excluding hydrogens is 341 g/mol. The summed E-state index contributed by atoms with van der Waals surface area (Å²) in [5, 5.41) is 0. The topological polar surface area (TPSA) is 77.2 Å². The monoisotopic (exact) mass is 353 g/mol. The average molecular weight is 354 g/mol. The predicted molar refractivity (Wildman–Crippen MR) is 80.4 cm³/mol. The van der Waals surface area contributed by atoms with Crippen LogP contribution in [0, 0.1) is 5.82 Å². The highest BCUT2D eigenvalue weighted by Gasteiger charge is 2.18. The van der Waals surface area contributed by atoms with Crippen molar-refractivity contribution in [3.8, 4) is 11.4 Å². The van der Waals surface area contributed by atoms with Gasteiger partial charge in [0.2, 0.25) is 11.9 Å². The molecule has 1 aromatic heterocycles. The zero-order valence-electron chi connectivity index (χ0n) is 11.1. The maximum Gasteiger partial charge on any atom is 0.230 e. The lowest BCUT2D eigenvalue weighted by molar-refractivity contribution is 0.122. The van der Waals surface area contributed by atoms with Crippen molar-refractivity contribution < 1.29 is 9.13 Å². The molecule has 0 aliphatic carbocycles. The minimum atomic E-state index is -0.406. The van der Waals surface area contributed by atoms with Gasteiger partial charge in [-0.15, -0.1) is 0 Å². The smallest absolute Gasteiger partial charge is 0.230 e. The van der Waals surface area contributed by atoms with Crippen molar-refractivity contribution in [1.29, 1.82) is 0 Å². The molecule has 8 heteroatoms. The van der Waals surface area contributed by atoms with Crippen LogP contribution in [0.2, 0.25) is 0 Å². The van der Waals surface area contributed by atoms with Gasteiger partial charge in [-0.2, -0.15) is 15.0 Å². The summed E-state index contributed by atoms with van der Waals surface area (Å²) >= 11 is 3.31. The number of aromatic nitrogens is 3. The Hall–Kier alpha value is -1.80. The highest BCUT2D eigenvalue weighted by atomic mass is 79.9. The molecule has 2 N–H and O–H groups in total. The van der Waals surface area contributed by atoms with Crippen LogP contribution < -0.4 is 10.6 Å². The molecule has 0 atom stereocenters. The van der Waals surface area contributed by atoms with Gasteiger partial charge < -0.3 is 15.4 Å². The van der Waals surface area contributed by atoms with E-state index in [1.54, 1.807) is 12.1 Å². The van der Waals surface area contributed by atoms with Crippen LogP contribution in [0.15, 0.2) is 22.7 Å². The molecule has 0 bridgehead atoms. The van der Waals surface area contributed by atoms with Crippen molar-refractivity contribution in [2.75, 3.05) is 36.9 Å². The Morgan fingerprint density at radius 1 is 1.19 bits per heavy atom. The van der Waals surface area contributed by atoms with Gasteiger partial charge in [0.15, 0.2) is 5.82 Å². The first-order valence-electron chi connectivity index (χ1n) is 6.43. The number of nitrogens with two attached hydrogens (primary N) is 1. The highest BCUT2D eigenvalue weighted by Crippen LogP contribution is 2.25. The van der Waals surface area contributed by atoms with Crippen molar-refractivity contribution in [2.24, 2.45) is 0 Å². The summed E-state index contributed by atoms with van der Waals surface area (Å²) in [6.45, 7) is 2.55. The first-order chi connectivity index (χ1) is 10.1. The third-order valence-corrected chi connectivity index (χ3v) is 3.60. The van der Waals surface area contributed by atoms with Gasteiger partial charge in [0.05, 0.1) is 18.8 Å². The number of halogens is 2. The fourth-order valence-electron chi connectivity index (χ4n) is 2.07. The van der Waals surface area contributed by atoms with E-state index in [-0.39, 0.29) is 17.3 Å². The third kappa shape index (κ3) is 3.11. The lowest BCUT2D eigenvalue weighted by Gasteiger charge is -2.26. The van der Waals surface area contributed by atoms with E-state index in [9.17, 15) is 4.39 Å². The number of rotatable bonds is 2. The molecule has 0 saturated carbocycles. The zero-order valence-corrected chi connectivity index (χ0v) is 12.7. The molecule has 0 radical (unpaired) electrons. The number of anilines is 2. The van der Waals surface area contributed by atoms with Crippen molar-refractivity contribution in [3.05, 3.63) is 28.5 Å². The standard InChI is InChI=1S/C13H13BrFN5O/c14-8-1-2-10(15)9(7-8)11-17-12(16)19-13(18-11)20-3-5-21-6-4-20/h1-2,7H,3-6H2,(H2,16,17,18,19). The second-order valence-corrected chi connectivity index (χ2v) is 5.46. The molecule has 3 rings (SSSR count). The van der Waals surface area contributed by atoms with Crippen molar-refractivity contribution >= 4 is 27.8 Å². The second-order valence-electron chi connectivity index (χ2n) is 4.54. The summed E-state index contributed by atoms with van der Waals surface area (Å²) in [7, 11) is 0. The minimum Gasteiger partial charge on any atom is -0.378 e. The van der Waals surface area contributed by atoms with Crippen molar-refractivity contribution in [3.63, 3.8) is 0 Å². The Kier molecular flexibility index (Phi) is 3.98. The summed E-state index contributed by atoms with van der Waals surface area (Å²) in [6, 6.07) is 4.59. The third-order valence-electron chi connectivity index (χ3n) is 3.10. The van der Waals surface area contributed by atoms with Crippen LogP contribution in [-0.4, -0.2) is 41.3 Å². The lowest BCUT2D eigenvalue weighted by Crippen LogP contribution is -2.37. The Balaban J connectivity index is 2.02. The van der Waals surface area contributed by atoms with Crippen LogP contribution in [0.3, 0.4) is 0 Å². The highest BCUT2D eigenvalue weighted by molar-refractivity contribution is 9.10. The molecule has 2 aromatic rings. The molecule has 1 aliphatic heterocycles. The molecule has 0 unspecified atom stereocenters. The molecule has 0 spiro atoms. The van der Waals surface area contributed by atoms with Crippen LogP contribution in [-0.2, 0) is 4.74 Å². The van der Waals surface area contributed by atoms with Gasteiger partial charge in [0.25, 0.3) is 0 Å². The van der Waals surface area contributed by atoms with Crippen molar-refractivity contribution in [2.45, 2.75) is 0 Å². The van der Waals surface area contributed by atoms with Gasteiger partial charge in [0.1, 0.15) is 5.82 Å². The molecule has 21 heavy (non-hydrogen) atoms. The number of hydrogen-bond donors (Lipinski definition) is 1. The number of nitrogen functional groups attached to an aromatic ring is 1. The van der Waals surface area contributed by atoms with E-state index < -0.39 is 5.82 Å². The lowest BCUT2D eigenvalue weighted by atomic mass is 10.2.